The number of amides is 1. The summed E-state index contributed by atoms with van der Waals surface area (Å²) in [4.78, 5) is 24.3. The van der Waals surface area contributed by atoms with Gasteiger partial charge >= 0.3 is 12.1 Å². The van der Waals surface area contributed by atoms with Crippen LogP contribution in [0.15, 0.2) is 41.3 Å². The van der Waals surface area contributed by atoms with Crippen LogP contribution in [-0.2, 0) is 25.7 Å². The molecule has 1 aliphatic heterocycles. The van der Waals surface area contributed by atoms with Crippen molar-refractivity contribution >= 4 is 27.6 Å². The molecule has 36 heavy (non-hydrogen) atoms. The molecule has 1 saturated heterocycles. The first kappa shape index (κ1) is 27.3. The Morgan fingerprint density at radius 1 is 1.00 bits per heavy atom. The Balaban J connectivity index is 1.77. The number of hydrogen-bond donors (Lipinski definition) is 1. The van der Waals surface area contributed by atoms with Gasteiger partial charge in [0.05, 0.1) is 43.0 Å². The number of halogens is 3. The van der Waals surface area contributed by atoms with Gasteiger partial charge in [-0.2, -0.15) is 17.5 Å². The zero-order valence-electron chi connectivity index (χ0n) is 19.7. The average Bonchev–Trinajstić information content (AvgIpc) is 2.87. The van der Waals surface area contributed by atoms with Gasteiger partial charge < -0.3 is 19.5 Å². The molecule has 13 heteroatoms. The predicted molar refractivity (Wildman–Crippen MR) is 122 cm³/mol. The lowest BCUT2D eigenvalue weighted by Gasteiger charge is -2.31. The van der Waals surface area contributed by atoms with Crippen LogP contribution in [0.25, 0.3) is 0 Å². The lowest BCUT2D eigenvalue weighted by atomic mass is 9.97. The Kier molecular flexibility index (Phi) is 8.14. The van der Waals surface area contributed by atoms with E-state index in [4.69, 9.17) is 14.2 Å². The van der Waals surface area contributed by atoms with E-state index < -0.39 is 44.5 Å². The van der Waals surface area contributed by atoms with Gasteiger partial charge in [0.2, 0.25) is 15.9 Å². The molecule has 0 spiro atoms. The predicted octanol–water partition coefficient (Wildman–Crippen LogP) is 3.55. The summed E-state index contributed by atoms with van der Waals surface area (Å²) in [6.07, 6.45) is -4.70. The highest BCUT2D eigenvalue weighted by Crippen LogP contribution is 2.37. The maximum Gasteiger partial charge on any atom is 0.417 e. The number of ether oxygens (including phenoxy) is 3. The molecule has 1 N–H and O–H groups in total. The van der Waals surface area contributed by atoms with Gasteiger partial charge in [0.1, 0.15) is 0 Å². The van der Waals surface area contributed by atoms with Crippen molar-refractivity contribution in [1.82, 2.24) is 4.31 Å². The van der Waals surface area contributed by atoms with Crippen LogP contribution in [0.3, 0.4) is 0 Å². The second kappa shape index (κ2) is 10.7. The first-order valence-corrected chi connectivity index (χ1v) is 12.2. The Hall–Kier alpha value is -3.32. The summed E-state index contributed by atoms with van der Waals surface area (Å²) in [6, 6.07) is 6.74. The van der Waals surface area contributed by atoms with E-state index >= 15 is 0 Å². The lowest BCUT2D eigenvalue weighted by molar-refractivity contribution is -0.139. The quantitative estimate of drug-likeness (QED) is 0.545. The number of hydrogen-bond acceptors (Lipinski definition) is 7. The lowest BCUT2D eigenvalue weighted by Crippen LogP contribution is -2.42. The van der Waals surface area contributed by atoms with Crippen LogP contribution in [-0.4, -0.2) is 59.0 Å². The molecular weight excluding hydrogens is 505 g/mol. The highest BCUT2D eigenvalue weighted by molar-refractivity contribution is 7.89. The first-order valence-electron chi connectivity index (χ1n) is 10.8. The summed E-state index contributed by atoms with van der Waals surface area (Å²) < 4.78 is 82.1. The van der Waals surface area contributed by atoms with Crippen LogP contribution in [0.2, 0.25) is 0 Å². The molecule has 0 unspecified atom stereocenters. The molecule has 1 fully saturated rings. The zero-order valence-corrected chi connectivity index (χ0v) is 20.5. The minimum absolute atomic E-state index is 0.0206. The van der Waals surface area contributed by atoms with Gasteiger partial charge in [0, 0.05) is 31.1 Å². The molecule has 196 valence electrons. The molecule has 0 saturated carbocycles. The Morgan fingerprint density at radius 3 is 2.14 bits per heavy atom. The number of benzene rings is 2. The third kappa shape index (κ3) is 5.57. The van der Waals surface area contributed by atoms with Gasteiger partial charge in [-0.05, 0) is 25.0 Å². The molecule has 0 bridgehead atoms. The minimum Gasteiger partial charge on any atom is -0.493 e. The van der Waals surface area contributed by atoms with E-state index in [9.17, 15) is 31.2 Å². The molecule has 3 rings (SSSR count). The van der Waals surface area contributed by atoms with Crippen molar-refractivity contribution in [3.63, 3.8) is 0 Å². The molecule has 9 nitrogen and oxygen atoms in total. The van der Waals surface area contributed by atoms with E-state index in [0.29, 0.717) is 0 Å². The van der Waals surface area contributed by atoms with Crippen LogP contribution < -0.4 is 14.8 Å². The number of esters is 1. The van der Waals surface area contributed by atoms with Gasteiger partial charge in [0.25, 0.3) is 0 Å². The average molecular weight is 531 g/mol. The molecule has 0 aromatic heterocycles. The Bertz CT molecular complexity index is 1240. The number of rotatable bonds is 7. The van der Waals surface area contributed by atoms with Gasteiger partial charge in [-0.3, -0.25) is 4.79 Å². The van der Waals surface area contributed by atoms with Crippen molar-refractivity contribution in [2.24, 2.45) is 5.92 Å². The topological polar surface area (TPSA) is 111 Å². The molecule has 1 aliphatic rings. The summed E-state index contributed by atoms with van der Waals surface area (Å²) in [7, 11) is -0.489. The summed E-state index contributed by atoms with van der Waals surface area (Å²) in [5.41, 5.74) is -1.11. The minimum atomic E-state index is -4.83. The number of methoxy groups -OCH3 is 3. The molecule has 0 radical (unpaired) electrons. The smallest absolute Gasteiger partial charge is 0.417 e. The number of anilines is 1. The molecule has 2 aromatic carbocycles. The molecule has 1 amide bonds. The van der Waals surface area contributed by atoms with E-state index in [0.717, 1.165) is 22.5 Å². The molecule has 0 aliphatic carbocycles. The zero-order chi connectivity index (χ0) is 26.7. The maximum atomic E-state index is 13.4. The normalized spacial score (nSPS) is 15.3. The van der Waals surface area contributed by atoms with Crippen LogP contribution in [0.4, 0.5) is 18.9 Å². The highest BCUT2D eigenvalue weighted by atomic mass is 32.2. The van der Waals surface area contributed by atoms with Crippen LogP contribution in [0, 0.1) is 5.92 Å². The first-order chi connectivity index (χ1) is 16.9. The van der Waals surface area contributed by atoms with Crippen molar-refractivity contribution in [3.05, 3.63) is 47.5 Å². The standard InChI is InChI=1S/C23H25F3N2O7S/c1-33-18-12-15(22(30)35-3)17(13-19(18)34-2)27-21(29)14-8-10-28(11-9-14)36(31,32)20-7-5-4-6-16(20)23(24,25)26/h4-7,12-14H,8-11H2,1-3H3,(H,27,29). The van der Waals surface area contributed by atoms with Crippen LogP contribution in [0.5, 0.6) is 11.5 Å². The number of sulfonamides is 1. The Labute approximate surface area is 206 Å². The molecular formula is C23H25F3N2O7S. The summed E-state index contributed by atoms with van der Waals surface area (Å²) in [5, 5.41) is 2.64. The SMILES string of the molecule is COC(=O)c1cc(OC)c(OC)cc1NC(=O)C1CCN(S(=O)(=O)c2ccccc2C(F)(F)F)CC1. The van der Waals surface area contributed by atoms with Crippen molar-refractivity contribution in [1.29, 1.82) is 0 Å². The summed E-state index contributed by atoms with van der Waals surface area (Å²) >= 11 is 0. The fourth-order valence-corrected chi connectivity index (χ4v) is 5.60. The van der Waals surface area contributed by atoms with Gasteiger partial charge in [0.15, 0.2) is 11.5 Å². The number of nitrogens with one attached hydrogen (secondary N) is 1. The molecule has 1 heterocycles. The maximum absolute atomic E-state index is 13.4. The second-order valence-corrected chi connectivity index (χ2v) is 9.81. The number of piperidine rings is 1. The van der Waals surface area contributed by atoms with Crippen LogP contribution >= 0.6 is 0 Å². The fourth-order valence-electron chi connectivity index (χ4n) is 3.92. The van der Waals surface area contributed by atoms with Gasteiger partial charge in [-0.25, -0.2) is 13.2 Å². The van der Waals surface area contributed by atoms with E-state index in [1.807, 2.05) is 0 Å². The third-order valence-corrected chi connectivity index (χ3v) is 7.78. The fraction of sp³-hybridized carbons (Fsp3) is 0.391. The molecule has 0 atom stereocenters. The molecule has 2 aromatic rings. The monoisotopic (exact) mass is 530 g/mol. The van der Waals surface area contributed by atoms with E-state index in [-0.39, 0.29) is 48.7 Å². The van der Waals surface area contributed by atoms with Crippen molar-refractivity contribution in [2.75, 3.05) is 39.7 Å². The van der Waals surface area contributed by atoms with Gasteiger partial charge in [-0.15, -0.1) is 0 Å². The summed E-state index contributed by atoms with van der Waals surface area (Å²) in [5.74, 6) is -1.36. The van der Waals surface area contributed by atoms with Crippen LogP contribution in [0.1, 0.15) is 28.8 Å². The van der Waals surface area contributed by atoms with Crippen molar-refractivity contribution < 1.29 is 45.4 Å². The van der Waals surface area contributed by atoms with E-state index in [2.05, 4.69) is 5.32 Å². The van der Waals surface area contributed by atoms with Gasteiger partial charge in [-0.1, -0.05) is 12.1 Å². The number of alkyl halides is 3. The van der Waals surface area contributed by atoms with E-state index in [1.54, 1.807) is 0 Å². The van der Waals surface area contributed by atoms with Crippen molar-refractivity contribution in [2.45, 2.75) is 23.9 Å². The number of carbonyl (C=O) groups is 2. The largest absolute Gasteiger partial charge is 0.493 e. The van der Waals surface area contributed by atoms with Crippen molar-refractivity contribution in [3.8, 4) is 11.5 Å². The van der Waals surface area contributed by atoms with E-state index in [1.165, 1.54) is 39.5 Å². The Morgan fingerprint density at radius 2 is 1.58 bits per heavy atom. The number of nitrogens with zero attached hydrogens (tertiary/aromatic N) is 1. The summed E-state index contributed by atoms with van der Waals surface area (Å²) in [6.45, 7) is -0.301. The number of carbonyl (C=O) groups excluding carboxylic acids is 2. The highest BCUT2D eigenvalue weighted by Gasteiger charge is 2.40. The second-order valence-electron chi connectivity index (χ2n) is 7.91. The third-order valence-electron chi connectivity index (χ3n) is 5.82.